The lowest BCUT2D eigenvalue weighted by Gasteiger charge is -2.25. The summed E-state index contributed by atoms with van der Waals surface area (Å²) in [6, 6.07) is -11.4. The number of aliphatic hydroxyl groups excluding tert-OH is 3. The van der Waals surface area contributed by atoms with Crippen LogP contribution in [0, 0.1) is 0 Å². The minimum Gasteiger partial charge on any atom is -0.481 e. The highest BCUT2D eigenvalue weighted by molar-refractivity contribution is 5.98. The summed E-state index contributed by atoms with van der Waals surface area (Å²) in [6.07, 6.45) is -3.12. The van der Waals surface area contributed by atoms with E-state index in [0.717, 1.165) is 0 Å². The molecule has 6 atom stereocenters. The Morgan fingerprint density at radius 1 is 0.442 bits per heavy atom. The van der Waals surface area contributed by atoms with Gasteiger partial charge in [-0.25, -0.2) is 4.79 Å². The van der Waals surface area contributed by atoms with Gasteiger partial charge in [-0.2, -0.15) is 0 Å². The van der Waals surface area contributed by atoms with Crippen molar-refractivity contribution in [2.24, 2.45) is 5.73 Å². The number of aliphatic hydroxyl groups is 3. The first kappa shape index (κ1) is 38.1. The van der Waals surface area contributed by atoms with Crippen LogP contribution in [0.5, 0.6) is 0 Å². The van der Waals surface area contributed by atoms with Gasteiger partial charge in [0.15, 0.2) is 0 Å². The number of hydrogen-bond donors (Lipinski definition) is 13. The van der Waals surface area contributed by atoms with Crippen LogP contribution >= 0.6 is 0 Å². The van der Waals surface area contributed by atoms with E-state index in [9.17, 15) is 53.4 Å². The highest BCUT2D eigenvalue weighted by Crippen LogP contribution is 2.01. The number of amides is 5. The lowest BCUT2D eigenvalue weighted by Crippen LogP contribution is -2.61. The summed E-state index contributed by atoms with van der Waals surface area (Å²) in [5.74, 6) is -13.2. The van der Waals surface area contributed by atoms with Crippen LogP contribution in [0.25, 0.3) is 0 Å². The SMILES string of the molecule is N[C@@H](CC(=O)O)C(=O)N[C@@H](CO)C(=O)N[C@@H](CC(=O)O)C(=O)N[C@@H](CO)C(=O)N[C@@H](CC(=O)O)C(=O)N[C@@H](CO)C(=O)O. The Balaban J connectivity index is 5.70. The topological polar surface area (TPSA) is 381 Å². The number of nitrogens with one attached hydrogen (secondary N) is 5. The average Bonchev–Trinajstić information content (AvgIpc) is 2.90. The summed E-state index contributed by atoms with van der Waals surface area (Å²) in [5, 5.41) is 73.1. The van der Waals surface area contributed by atoms with Crippen LogP contribution in [-0.4, -0.2) is 145 Å². The zero-order valence-corrected chi connectivity index (χ0v) is 22.1. The van der Waals surface area contributed by atoms with Gasteiger partial charge in [0.1, 0.15) is 30.2 Å². The molecule has 5 amide bonds. The number of aliphatic carboxylic acids is 4. The molecule has 0 fully saturated rings. The van der Waals surface area contributed by atoms with E-state index in [0.29, 0.717) is 0 Å². The molecule has 0 aromatic carbocycles. The summed E-state index contributed by atoms with van der Waals surface area (Å²) in [5.41, 5.74) is 5.35. The molecule has 0 aliphatic heterocycles. The number of carboxylic acid groups (broad SMARTS) is 4. The van der Waals surface area contributed by atoms with Gasteiger partial charge in [-0.3, -0.25) is 38.4 Å². The molecule has 22 nitrogen and oxygen atoms in total. The maximum absolute atomic E-state index is 12.7. The van der Waals surface area contributed by atoms with E-state index >= 15 is 0 Å². The van der Waals surface area contributed by atoms with E-state index < -0.39 is 129 Å². The zero-order valence-electron chi connectivity index (χ0n) is 22.1. The predicted octanol–water partition coefficient (Wildman–Crippen LogP) is -7.78. The van der Waals surface area contributed by atoms with Crippen molar-refractivity contribution in [3.05, 3.63) is 0 Å². The van der Waals surface area contributed by atoms with Crippen molar-refractivity contribution in [1.82, 2.24) is 26.6 Å². The summed E-state index contributed by atoms with van der Waals surface area (Å²) in [7, 11) is 0. The molecule has 0 aliphatic carbocycles. The normalized spacial score (nSPS) is 14.8. The van der Waals surface area contributed by atoms with Crippen molar-refractivity contribution in [2.75, 3.05) is 19.8 Å². The molecule has 0 aliphatic rings. The van der Waals surface area contributed by atoms with Gasteiger partial charge in [0.2, 0.25) is 29.5 Å². The molecule has 0 unspecified atom stereocenters. The third kappa shape index (κ3) is 14.0. The van der Waals surface area contributed by atoms with Crippen LogP contribution < -0.4 is 32.3 Å². The summed E-state index contributed by atoms with van der Waals surface area (Å²) in [6.45, 7) is -3.44. The Bertz CT molecular complexity index is 1080. The van der Waals surface area contributed by atoms with Crippen molar-refractivity contribution < 1.29 is 78.9 Å². The van der Waals surface area contributed by atoms with Crippen molar-refractivity contribution in [3.8, 4) is 0 Å². The molecule has 0 heterocycles. The molecule has 14 N–H and O–H groups in total. The Labute approximate surface area is 240 Å². The second-order valence-corrected chi connectivity index (χ2v) is 8.59. The molecule has 242 valence electrons. The van der Waals surface area contributed by atoms with Crippen molar-refractivity contribution in [1.29, 1.82) is 0 Å². The number of rotatable bonds is 20. The molecular weight excluding hydrogens is 592 g/mol. The lowest BCUT2D eigenvalue weighted by molar-refractivity contribution is -0.144. The van der Waals surface area contributed by atoms with Crippen molar-refractivity contribution in [3.63, 3.8) is 0 Å². The third-order valence-corrected chi connectivity index (χ3v) is 5.18. The molecule has 0 radical (unpaired) electrons. The van der Waals surface area contributed by atoms with Crippen LogP contribution in [0.4, 0.5) is 0 Å². The molecule has 0 spiro atoms. The highest BCUT2D eigenvalue weighted by Gasteiger charge is 2.34. The standard InChI is InChI=1S/C21H32N6O16/c22-7(1-13(31)32)16(37)25-10(4-28)19(40)23-8(2-14(33)34)17(38)26-11(5-29)20(41)24-9(3-15(35)36)18(39)27-12(6-30)21(42)43/h7-12,28-30H,1-6,22H2,(H,23,40)(H,24,41)(H,25,37)(H,26,38)(H,27,39)(H,31,32)(H,33,34)(H,35,36)(H,42,43)/t7-,8-,9-,10-,11-,12-/m0/s1. The summed E-state index contributed by atoms with van der Waals surface area (Å²) in [4.78, 5) is 106. The van der Waals surface area contributed by atoms with Crippen molar-refractivity contribution >= 4 is 53.4 Å². The van der Waals surface area contributed by atoms with Crippen LogP contribution in [0.1, 0.15) is 19.3 Å². The second-order valence-electron chi connectivity index (χ2n) is 8.59. The van der Waals surface area contributed by atoms with Crippen LogP contribution in [-0.2, 0) is 43.2 Å². The molecular formula is C21H32N6O16. The van der Waals surface area contributed by atoms with Gasteiger partial charge in [0.25, 0.3) is 0 Å². The van der Waals surface area contributed by atoms with Gasteiger partial charge in [-0.05, 0) is 0 Å². The highest BCUT2D eigenvalue weighted by atomic mass is 16.4. The molecule has 0 aromatic rings. The van der Waals surface area contributed by atoms with Gasteiger partial charge in [-0.1, -0.05) is 0 Å². The first-order valence-electron chi connectivity index (χ1n) is 11.9. The fraction of sp³-hybridized carbons (Fsp3) is 0.571. The average molecular weight is 625 g/mol. The minimum absolute atomic E-state index is 0.850. The minimum atomic E-state index is -2.02. The number of carbonyl (C=O) groups is 9. The number of carbonyl (C=O) groups excluding carboxylic acids is 5. The summed E-state index contributed by atoms with van der Waals surface area (Å²) < 4.78 is 0. The molecule has 22 heteroatoms. The quantitative estimate of drug-likeness (QED) is 0.0598. The zero-order chi connectivity index (χ0) is 33.4. The fourth-order valence-electron chi connectivity index (χ4n) is 2.99. The van der Waals surface area contributed by atoms with Gasteiger partial charge in [-0.15, -0.1) is 0 Å². The molecule has 0 aromatic heterocycles. The van der Waals surface area contributed by atoms with E-state index in [-0.39, 0.29) is 0 Å². The van der Waals surface area contributed by atoms with Gasteiger partial charge in [0, 0.05) is 0 Å². The van der Waals surface area contributed by atoms with Gasteiger partial charge >= 0.3 is 23.9 Å². The summed E-state index contributed by atoms with van der Waals surface area (Å²) >= 11 is 0. The Hall–Kier alpha value is -4.93. The number of carboxylic acids is 4. The van der Waals surface area contributed by atoms with E-state index in [1.165, 1.54) is 0 Å². The van der Waals surface area contributed by atoms with Crippen LogP contribution in [0.2, 0.25) is 0 Å². The van der Waals surface area contributed by atoms with E-state index in [2.05, 4.69) is 0 Å². The van der Waals surface area contributed by atoms with Crippen molar-refractivity contribution in [2.45, 2.75) is 55.5 Å². The Kier molecular flexibility index (Phi) is 16.4. The lowest BCUT2D eigenvalue weighted by atomic mass is 10.1. The Morgan fingerprint density at radius 3 is 1.02 bits per heavy atom. The molecule has 0 rings (SSSR count). The van der Waals surface area contributed by atoms with E-state index in [1.807, 2.05) is 21.3 Å². The number of nitrogens with two attached hydrogens (primary N) is 1. The monoisotopic (exact) mass is 624 g/mol. The molecule has 43 heavy (non-hydrogen) atoms. The van der Waals surface area contributed by atoms with E-state index in [4.69, 9.17) is 31.3 Å². The maximum Gasteiger partial charge on any atom is 0.328 e. The first-order chi connectivity index (χ1) is 20.0. The predicted molar refractivity (Wildman–Crippen MR) is 133 cm³/mol. The molecule has 0 saturated heterocycles. The Morgan fingerprint density at radius 2 is 0.721 bits per heavy atom. The first-order valence-corrected chi connectivity index (χ1v) is 11.9. The van der Waals surface area contributed by atoms with E-state index in [1.54, 1.807) is 5.32 Å². The third-order valence-electron chi connectivity index (χ3n) is 5.18. The van der Waals surface area contributed by atoms with Crippen LogP contribution in [0.3, 0.4) is 0 Å². The smallest absolute Gasteiger partial charge is 0.328 e. The van der Waals surface area contributed by atoms with Crippen LogP contribution in [0.15, 0.2) is 0 Å². The fourth-order valence-corrected chi connectivity index (χ4v) is 2.99. The molecule has 0 bridgehead atoms. The maximum atomic E-state index is 12.7. The van der Waals surface area contributed by atoms with Gasteiger partial charge < -0.3 is 68.1 Å². The molecule has 0 saturated carbocycles. The number of hydrogen-bond acceptors (Lipinski definition) is 13. The largest absolute Gasteiger partial charge is 0.481 e. The second kappa shape index (κ2) is 18.5. The van der Waals surface area contributed by atoms with Gasteiger partial charge in [0.05, 0.1) is 45.1 Å².